The van der Waals surface area contributed by atoms with Crippen molar-refractivity contribution in [3.63, 3.8) is 0 Å². The van der Waals surface area contributed by atoms with Gasteiger partial charge in [0.05, 0.1) is 11.6 Å². The molecular formula is C14H7BrF3NO. The third-order valence-electron chi connectivity index (χ3n) is 2.50. The van der Waals surface area contributed by atoms with E-state index >= 15 is 0 Å². The third-order valence-corrected chi connectivity index (χ3v) is 3.19. The minimum absolute atomic E-state index is 0.0973. The minimum Gasteiger partial charge on any atom is -0.405 e. The monoisotopic (exact) mass is 341 g/mol. The van der Waals surface area contributed by atoms with E-state index in [4.69, 9.17) is 5.26 Å². The molecule has 0 aliphatic rings. The van der Waals surface area contributed by atoms with Crippen LogP contribution in [0.2, 0.25) is 0 Å². The second-order valence-corrected chi connectivity index (χ2v) is 4.70. The zero-order valence-corrected chi connectivity index (χ0v) is 11.5. The number of benzene rings is 2. The summed E-state index contributed by atoms with van der Waals surface area (Å²) in [5.41, 5.74) is 0.907. The van der Waals surface area contributed by atoms with Gasteiger partial charge in [0.1, 0.15) is 5.75 Å². The maximum absolute atomic E-state index is 12.5. The Bertz CT molecular complexity index is 677. The van der Waals surface area contributed by atoms with Crippen molar-refractivity contribution in [2.45, 2.75) is 6.36 Å². The molecule has 2 aromatic carbocycles. The molecule has 0 radical (unpaired) electrons. The average molecular weight is 342 g/mol. The second-order valence-electron chi connectivity index (χ2n) is 3.85. The summed E-state index contributed by atoms with van der Waals surface area (Å²) in [5.74, 6) is -0.400. The number of hydrogen-bond donors (Lipinski definition) is 0. The maximum Gasteiger partial charge on any atom is 0.573 e. The van der Waals surface area contributed by atoms with Crippen molar-refractivity contribution in [3.8, 4) is 22.9 Å². The number of nitriles is 1. The standard InChI is InChI=1S/C14H7BrF3NO/c15-12-4-2-1-3-10(12)11-6-5-9(8-19)7-13(11)20-14(16,17)18/h1-7H. The first-order valence-corrected chi connectivity index (χ1v) is 6.25. The van der Waals surface area contributed by atoms with E-state index in [-0.39, 0.29) is 11.1 Å². The van der Waals surface area contributed by atoms with Gasteiger partial charge < -0.3 is 4.74 Å². The van der Waals surface area contributed by atoms with E-state index in [1.807, 2.05) is 0 Å². The zero-order valence-electron chi connectivity index (χ0n) is 9.91. The van der Waals surface area contributed by atoms with Crippen LogP contribution in [-0.2, 0) is 0 Å². The van der Waals surface area contributed by atoms with Crippen LogP contribution >= 0.6 is 15.9 Å². The molecule has 0 fully saturated rings. The van der Waals surface area contributed by atoms with Crippen LogP contribution in [0.4, 0.5) is 13.2 Å². The predicted molar refractivity (Wildman–Crippen MR) is 71.0 cm³/mol. The van der Waals surface area contributed by atoms with Crippen LogP contribution in [0.5, 0.6) is 5.75 Å². The molecule has 102 valence electrons. The van der Waals surface area contributed by atoms with Crippen molar-refractivity contribution in [2.24, 2.45) is 0 Å². The van der Waals surface area contributed by atoms with Crippen molar-refractivity contribution in [1.29, 1.82) is 5.26 Å². The number of hydrogen-bond acceptors (Lipinski definition) is 2. The average Bonchev–Trinajstić information content (AvgIpc) is 2.38. The lowest BCUT2D eigenvalue weighted by atomic mass is 10.0. The largest absolute Gasteiger partial charge is 0.573 e. The van der Waals surface area contributed by atoms with Crippen LogP contribution in [-0.4, -0.2) is 6.36 Å². The fourth-order valence-electron chi connectivity index (χ4n) is 1.70. The molecule has 0 unspecified atom stereocenters. The Morgan fingerprint density at radius 2 is 1.75 bits per heavy atom. The normalized spacial score (nSPS) is 10.9. The lowest BCUT2D eigenvalue weighted by molar-refractivity contribution is -0.274. The summed E-state index contributed by atoms with van der Waals surface area (Å²) >= 11 is 3.28. The fourth-order valence-corrected chi connectivity index (χ4v) is 2.20. The first-order valence-electron chi connectivity index (χ1n) is 5.45. The molecule has 0 aliphatic heterocycles. The summed E-state index contributed by atoms with van der Waals surface area (Å²) in [6.45, 7) is 0. The van der Waals surface area contributed by atoms with Crippen LogP contribution in [0.15, 0.2) is 46.9 Å². The Morgan fingerprint density at radius 3 is 2.35 bits per heavy atom. The molecule has 0 saturated carbocycles. The highest BCUT2D eigenvalue weighted by molar-refractivity contribution is 9.10. The smallest absolute Gasteiger partial charge is 0.405 e. The summed E-state index contributed by atoms with van der Waals surface area (Å²) in [6, 6.07) is 12.6. The van der Waals surface area contributed by atoms with E-state index < -0.39 is 12.1 Å². The van der Waals surface area contributed by atoms with Crippen LogP contribution < -0.4 is 4.74 Å². The lowest BCUT2D eigenvalue weighted by Crippen LogP contribution is -2.17. The summed E-state index contributed by atoms with van der Waals surface area (Å²) in [4.78, 5) is 0. The summed E-state index contributed by atoms with van der Waals surface area (Å²) < 4.78 is 42.0. The number of alkyl halides is 3. The zero-order chi connectivity index (χ0) is 14.8. The van der Waals surface area contributed by atoms with E-state index in [9.17, 15) is 13.2 Å². The van der Waals surface area contributed by atoms with E-state index in [2.05, 4.69) is 20.7 Å². The van der Waals surface area contributed by atoms with Crippen LogP contribution in [0.3, 0.4) is 0 Å². The molecule has 0 amide bonds. The SMILES string of the molecule is N#Cc1ccc(-c2ccccc2Br)c(OC(F)(F)F)c1. The van der Waals surface area contributed by atoms with Gasteiger partial charge in [-0.05, 0) is 29.8 Å². The molecule has 0 spiro atoms. The Balaban J connectivity index is 2.58. The molecule has 2 aromatic rings. The Labute approximate surface area is 121 Å². The Kier molecular flexibility index (Phi) is 4.00. The highest BCUT2D eigenvalue weighted by atomic mass is 79.9. The maximum atomic E-state index is 12.5. The van der Waals surface area contributed by atoms with Crippen LogP contribution in [0.25, 0.3) is 11.1 Å². The van der Waals surface area contributed by atoms with Gasteiger partial charge in [0, 0.05) is 10.0 Å². The van der Waals surface area contributed by atoms with Crippen molar-refractivity contribution >= 4 is 15.9 Å². The molecule has 0 aromatic heterocycles. The minimum atomic E-state index is -4.82. The number of ether oxygens (including phenoxy) is 1. The van der Waals surface area contributed by atoms with Crippen LogP contribution in [0.1, 0.15) is 5.56 Å². The van der Waals surface area contributed by atoms with Gasteiger partial charge in [-0.15, -0.1) is 13.2 Å². The molecule has 0 bridgehead atoms. The summed E-state index contributed by atoms with van der Waals surface area (Å²) in [6.07, 6.45) is -4.82. The van der Waals surface area contributed by atoms with E-state index in [1.54, 1.807) is 30.3 Å². The van der Waals surface area contributed by atoms with Crippen molar-refractivity contribution < 1.29 is 17.9 Å². The first kappa shape index (κ1) is 14.4. The van der Waals surface area contributed by atoms with Gasteiger partial charge in [-0.1, -0.05) is 34.1 Å². The molecule has 20 heavy (non-hydrogen) atoms. The van der Waals surface area contributed by atoms with Crippen molar-refractivity contribution in [3.05, 3.63) is 52.5 Å². The van der Waals surface area contributed by atoms with Gasteiger partial charge in [-0.3, -0.25) is 0 Å². The van der Waals surface area contributed by atoms with Gasteiger partial charge >= 0.3 is 6.36 Å². The molecular weight excluding hydrogens is 335 g/mol. The van der Waals surface area contributed by atoms with Gasteiger partial charge in [-0.2, -0.15) is 5.26 Å². The second kappa shape index (κ2) is 5.55. The van der Waals surface area contributed by atoms with E-state index in [1.165, 1.54) is 12.1 Å². The first-order chi connectivity index (χ1) is 9.40. The third kappa shape index (κ3) is 3.31. The molecule has 6 heteroatoms. The Morgan fingerprint density at radius 1 is 1.05 bits per heavy atom. The Hall–Kier alpha value is -2.00. The van der Waals surface area contributed by atoms with Crippen LogP contribution in [0, 0.1) is 11.3 Å². The summed E-state index contributed by atoms with van der Waals surface area (Å²) in [7, 11) is 0. The molecule has 0 N–H and O–H groups in total. The van der Waals surface area contributed by atoms with Gasteiger partial charge in [0.25, 0.3) is 0 Å². The number of nitrogens with zero attached hydrogens (tertiary/aromatic N) is 1. The van der Waals surface area contributed by atoms with Gasteiger partial charge in [0.15, 0.2) is 0 Å². The van der Waals surface area contributed by atoms with Crippen molar-refractivity contribution in [2.75, 3.05) is 0 Å². The van der Waals surface area contributed by atoms with Gasteiger partial charge in [0.2, 0.25) is 0 Å². The molecule has 0 atom stereocenters. The molecule has 0 aliphatic carbocycles. The predicted octanol–water partition coefficient (Wildman–Crippen LogP) is 4.89. The van der Waals surface area contributed by atoms with E-state index in [0.717, 1.165) is 6.07 Å². The van der Waals surface area contributed by atoms with E-state index in [0.29, 0.717) is 10.0 Å². The molecule has 2 nitrogen and oxygen atoms in total. The quantitative estimate of drug-likeness (QED) is 0.779. The topological polar surface area (TPSA) is 33.0 Å². The number of rotatable bonds is 2. The molecule has 0 saturated heterocycles. The van der Waals surface area contributed by atoms with Gasteiger partial charge in [-0.25, -0.2) is 0 Å². The fraction of sp³-hybridized carbons (Fsp3) is 0.0714. The molecule has 2 rings (SSSR count). The highest BCUT2D eigenvalue weighted by Crippen LogP contribution is 2.37. The molecule has 0 heterocycles. The van der Waals surface area contributed by atoms with Crippen molar-refractivity contribution in [1.82, 2.24) is 0 Å². The highest BCUT2D eigenvalue weighted by Gasteiger charge is 2.32. The summed E-state index contributed by atoms with van der Waals surface area (Å²) in [5, 5.41) is 8.78. The lowest BCUT2D eigenvalue weighted by Gasteiger charge is -2.14. The number of halogens is 4.